The Balaban J connectivity index is 1.32. The van der Waals surface area contributed by atoms with Crippen LogP contribution in [0.5, 0.6) is 11.5 Å². The molecule has 1 aromatic heterocycles. The van der Waals surface area contributed by atoms with E-state index in [9.17, 15) is 9.18 Å². The van der Waals surface area contributed by atoms with Crippen molar-refractivity contribution >= 4 is 5.78 Å². The number of carbonyl (C=O) groups excluding carboxylic acids is 1. The summed E-state index contributed by atoms with van der Waals surface area (Å²) < 4.78 is 25.4. The van der Waals surface area contributed by atoms with E-state index in [1.54, 1.807) is 25.4 Å². The highest BCUT2D eigenvalue weighted by atomic mass is 19.1. The van der Waals surface area contributed by atoms with Crippen molar-refractivity contribution in [3.63, 3.8) is 0 Å². The molecule has 2 fully saturated rings. The van der Waals surface area contributed by atoms with Gasteiger partial charge in [-0.3, -0.25) is 14.7 Å². The van der Waals surface area contributed by atoms with Crippen LogP contribution in [0.4, 0.5) is 4.39 Å². The Morgan fingerprint density at radius 1 is 1.08 bits per heavy atom. The van der Waals surface area contributed by atoms with Crippen molar-refractivity contribution in [3.05, 3.63) is 77.4 Å². The standard InChI is InChI=1S/C31H35FN2O3/c1-4-37-30-17-21(16-29(36-3)31(30)22-5-8-25(32)9-6-22)19-34-14-12-26-23(7-10-27(26)34)18-28(35)24-11-13-33-20(2)15-24/h5-6,8-9,11,13,15-17,23,26-27H,4,7,10,12,14,18-19H2,1-3H3/t23?,26-,27+/m0/s1. The molecule has 3 atom stereocenters. The van der Waals surface area contributed by atoms with E-state index >= 15 is 0 Å². The molecule has 5 rings (SSSR count). The first kappa shape index (κ1) is 25.4. The van der Waals surface area contributed by atoms with Crippen LogP contribution in [0.25, 0.3) is 11.1 Å². The van der Waals surface area contributed by atoms with Gasteiger partial charge in [-0.2, -0.15) is 0 Å². The predicted molar refractivity (Wildman–Crippen MR) is 143 cm³/mol. The fourth-order valence-corrected chi connectivity index (χ4v) is 6.32. The number of hydrogen-bond donors (Lipinski definition) is 0. The summed E-state index contributed by atoms with van der Waals surface area (Å²) in [5.74, 6) is 2.43. The van der Waals surface area contributed by atoms with E-state index < -0.39 is 0 Å². The fraction of sp³-hybridized carbons (Fsp3) is 0.419. The number of methoxy groups -OCH3 is 1. The van der Waals surface area contributed by atoms with Gasteiger partial charge in [-0.25, -0.2) is 4.39 Å². The van der Waals surface area contributed by atoms with Gasteiger partial charge in [0.2, 0.25) is 0 Å². The summed E-state index contributed by atoms with van der Waals surface area (Å²) in [6, 6.07) is 14.8. The second kappa shape index (κ2) is 11.0. The number of fused-ring (bicyclic) bond motifs is 1. The van der Waals surface area contributed by atoms with Crippen LogP contribution in [0.1, 0.15) is 54.2 Å². The normalized spacial score (nSPS) is 21.1. The molecule has 3 aromatic rings. The number of Topliss-reactive ketones (excluding diaryl/α,β-unsaturated/α-hetero) is 1. The zero-order valence-corrected chi connectivity index (χ0v) is 21.9. The second-order valence-corrected chi connectivity index (χ2v) is 10.3. The first-order valence-electron chi connectivity index (χ1n) is 13.3. The predicted octanol–water partition coefficient (Wildman–Crippen LogP) is 6.48. The number of carbonyl (C=O) groups is 1. The van der Waals surface area contributed by atoms with Crippen LogP contribution in [0.3, 0.4) is 0 Å². The number of aryl methyl sites for hydroxylation is 1. The number of halogens is 1. The molecule has 6 heteroatoms. The van der Waals surface area contributed by atoms with Gasteiger partial charge in [-0.05, 0) is 99.0 Å². The van der Waals surface area contributed by atoms with Gasteiger partial charge in [0.25, 0.3) is 0 Å². The summed E-state index contributed by atoms with van der Waals surface area (Å²) in [4.78, 5) is 19.7. The van der Waals surface area contributed by atoms with Gasteiger partial charge >= 0.3 is 0 Å². The molecule has 0 N–H and O–H groups in total. The maximum absolute atomic E-state index is 13.5. The third-order valence-corrected chi connectivity index (χ3v) is 7.98. The minimum atomic E-state index is -0.270. The Morgan fingerprint density at radius 2 is 1.86 bits per heavy atom. The molecule has 1 saturated carbocycles. The van der Waals surface area contributed by atoms with E-state index in [1.165, 1.54) is 12.1 Å². The van der Waals surface area contributed by atoms with Crippen LogP contribution >= 0.6 is 0 Å². The van der Waals surface area contributed by atoms with Crippen LogP contribution in [-0.4, -0.2) is 42.0 Å². The lowest BCUT2D eigenvalue weighted by Crippen LogP contribution is -2.30. The third kappa shape index (κ3) is 5.40. The minimum absolute atomic E-state index is 0.233. The lowest BCUT2D eigenvalue weighted by Gasteiger charge is -2.25. The van der Waals surface area contributed by atoms with Gasteiger partial charge in [0.1, 0.15) is 17.3 Å². The fourth-order valence-electron chi connectivity index (χ4n) is 6.32. The van der Waals surface area contributed by atoms with E-state index in [0.29, 0.717) is 30.9 Å². The molecule has 2 aliphatic rings. The number of ketones is 1. The Morgan fingerprint density at radius 3 is 2.59 bits per heavy atom. The lowest BCUT2D eigenvalue weighted by molar-refractivity contribution is 0.0949. The number of hydrogen-bond acceptors (Lipinski definition) is 5. The third-order valence-electron chi connectivity index (χ3n) is 7.98. The molecule has 194 valence electrons. The molecule has 0 amide bonds. The van der Waals surface area contributed by atoms with Gasteiger partial charge in [0.15, 0.2) is 5.78 Å². The molecule has 2 heterocycles. The number of pyridine rings is 1. The summed E-state index contributed by atoms with van der Waals surface area (Å²) >= 11 is 0. The minimum Gasteiger partial charge on any atom is -0.496 e. The highest BCUT2D eigenvalue weighted by Gasteiger charge is 2.44. The number of nitrogens with zero attached hydrogens (tertiary/aromatic N) is 2. The van der Waals surface area contributed by atoms with E-state index in [2.05, 4.69) is 22.0 Å². The van der Waals surface area contributed by atoms with Gasteiger partial charge in [0.05, 0.1) is 19.3 Å². The summed E-state index contributed by atoms with van der Waals surface area (Å²) in [7, 11) is 1.66. The Bertz CT molecular complexity index is 1260. The van der Waals surface area contributed by atoms with Gasteiger partial charge < -0.3 is 9.47 Å². The highest BCUT2D eigenvalue weighted by Crippen LogP contribution is 2.46. The molecule has 37 heavy (non-hydrogen) atoms. The molecule has 5 nitrogen and oxygen atoms in total. The van der Waals surface area contributed by atoms with E-state index in [-0.39, 0.29) is 11.6 Å². The Labute approximate surface area is 218 Å². The molecule has 1 saturated heterocycles. The molecule has 1 aliphatic heterocycles. The molecule has 0 spiro atoms. The number of rotatable bonds is 9. The van der Waals surface area contributed by atoms with Crippen LogP contribution < -0.4 is 9.47 Å². The first-order chi connectivity index (χ1) is 18.0. The van der Waals surface area contributed by atoms with Crippen molar-refractivity contribution in [3.8, 4) is 22.6 Å². The number of aromatic nitrogens is 1. The van der Waals surface area contributed by atoms with Gasteiger partial charge in [-0.1, -0.05) is 12.1 Å². The largest absolute Gasteiger partial charge is 0.496 e. The average Bonchev–Trinajstić information content (AvgIpc) is 3.48. The molecule has 1 unspecified atom stereocenters. The van der Waals surface area contributed by atoms with Crippen molar-refractivity contribution in [1.82, 2.24) is 9.88 Å². The second-order valence-electron chi connectivity index (χ2n) is 10.3. The first-order valence-corrected chi connectivity index (χ1v) is 13.3. The quantitative estimate of drug-likeness (QED) is 0.314. The topological polar surface area (TPSA) is 51.7 Å². The van der Waals surface area contributed by atoms with E-state index in [1.807, 2.05) is 26.0 Å². The number of likely N-dealkylation sites (tertiary alicyclic amines) is 1. The average molecular weight is 503 g/mol. The number of ether oxygens (including phenoxy) is 2. The Hall–Kier alpha value is -3.25. The van der Waals surface area contributed by atoms with Crippen molar-refractivity contribution < 1.29 is 18.7 Å². The molecule has 0 bridgehead atoms. The summed E-state index contributed by atoms with van der Waals surface area (Å²) in [5.41, 5.74) is 4.51. The van der Waals surface area contributed by atoms with Crippen molar-refractivity contribution in [2.75, 3.05) is 20.3 Å². The SMILES string of the molecule is CCOc1cc(CN2CC[C@H]3C(CC(=O)c4ccnc(C)c4)CC[C@H]32)cc(OC)c1-c1ccc(F)cc1. The van der Waals surface area contributed by atoms with Crippen molar-refractivity contribution in [1.29, 1.82) is 0 Å². The Kier molecular flexibility index (Phi) is 7.56. The summed E-state index contributed by atoms with van der Waals surface area (Å²) in [5, 5.41) is 0. The maximum Gasteiger partial charge on any atom is 0.163 e. The molecular formula is C31H35FN2O3. The van der Waals surface area contributed by atoms with Gasteiger partial charge in [0, 0.05) is 36.5 Å². The van der Waals surface area contributed by atoms with Crippen LogP contribution in [0, 0.1) is 24.6 Å². The molecular weight excluding hydrogens is 467 g/mol. The number of benzene rings is 2. The van der Waals surface area contributed by atoms with Crippen molar-refractivity contribution in [2.45, 2.75) is 52.1 Å². The smallest absolute Gasteiger partial charge is 0.163 e. The lowest BCUT2D eigenvalue weighted by atomic mass is 9.87. The zero-order valence-electron chi connectivity index (χ0n) is 21.9. The summed E-state index contributed by atoms with van der Waals surface area (Å²) in [6.45, 7) is 6.26. The summed E-state index contributed by atoms with van der Waals surface area (Å²) in [6.07, 6.45) is 5.69. The molecule has 2 aromatic carbocycles. The van der Waals surface area contributed by atoms with Crippen molar-refractivity contribution in [2.24, 2.45) is 11.8 Å². The highest BCUT2D eigenvalue weighted by molar-refractivity contribution is 5.96. The maximum atomic E-state index is 13.5. The monoisotopic (exact) mass is 502 g/mol. The van der Waals surface area contributed by atoms with E-state index in [0.717, 1.165) is 71.8 Å². The van der Waals surface area contributed by atoms with Crippen LogP contribution in [0.15, 0.2) is 54.7 Å². The van der Waals surface area contributed by atoms with Gasteiger partial charge in [-0.15, -0.1) is 0 Å². The molecule has 0 radical (unpaired) electrons. The van der Waals surface area contributed by atoms with Crippen LogP contribution in [0.2, 0.25) is 0 Å². The zero-order chi connectivity index (χ0) is 25.9. The van der Waals surface area contributed by atoms with E-state index in [4.69, 9.17) is 9.47 Å². The molecule has 1 aliphatic carbocycles. The van der Waals surface area contributed by atoms with Crippen LogP contribution in [-0.2, 0) is 6.54 Å².